The van der Waals surface area contributed by atoms with Gasteiger partial charge in [0.05, 0.1) is 15.9 Å². The fourth-order valence-electron chi connectivity index (χ4n) is 0.607. The lowest BCUT2D eigenvalue weighted by Crippen LogP contribution is -1.71. The summed E-state index contributed by atoms with van der Waals surface area (Å²) < 4.78 is 0.968. The number of nitrogens with zero attached hydrogens (tertiary/aromatic N) is 1. The third-order valence-electron chi connectivity index (χ3n) is 1.08. The highest BCUT2D eigenvalue weighted by Gasteiger charge is 1.95. The first-order valence-electron chi connectivity index (χ1n) is 2.77. The smallest absolute Gasteiger partial charge is 0.0751 e. The van der Waals surface area contributed by atoms with Gasteiger partial charge in [0.25, 0.3) is 0 Å². The Kier molecular flexibility index (Phi) is 3.45. The van der Waals surface area contributed by atoms with Crippen LogP contribution in [-0.4, -0.2) is 5.16 Å². The molecule has 4 heteroatoms. The summed E-state index contributed by atoms with van der Waals surface area (Å²) in [6, 6.07) is 5.43. The molecule has 11 heavy (non-hydrogen) atoms. The number of hydrogen-bond acceptors (Lipinski definition) is 2. The fraction of sp³-hybridized carbons (Fsp3) is 0. The molecule has 0 aromatic heterocycles. The van der Waals surface area contributed by atoms with Crippen LogP contribution in [-0.2, 0) is 0 Å². The van der Waals surface area contributed by atoms with Crippen LogP contribution < -0.4 is 0 Å². The minimum atomic E-state index is 0.730. The minimum Gasteiger partial charge on any atom is -0.195 e. The van der Waals surface area contributed by atoms with Gasteiger partial charge >= 0.3 is 0 Å². The van der Waals surface area contributed by atoms with Gasteiger partial charge in [0.2, 0.25) is 0 Å². The zero-order chi connectivity index (χ0) is 8.27. The molecule has 1 aromatic carbocycles. The van der Waals surface area contributed by atoms with Crippen LogP contribution >= 0.6 is 46.4 Å². The van der Waals surface area contributed by atoms with E-state index in [0.29, 0.717) is 0 Å². The number of isothiocyanates is 1. The Hall–Kier alpha value is 0.0400. The maximum atomic E-state index is 5.79. The molecule has 1 nitrogen and oxygen atoms in total. The summed E-state index contributed by atoms with van der Waals surface area (Å²) in [5, 5.41) is 3.02. The Morgan fingerprint density at radius 1 is 1.55 bits per heavy atom. The third-order valence-corrected chi connectivity index (χ3v) is 2.71. The molecule has 1 aromatic rings. The Morgan fingerprint density at radius 3 is 2.82 bits per heavy atom. The summed E-state index contributed by atoms with van der Waals surface area (Å²) in [4.78, 5) is 3.81. The molecule has 0 radical (unpaired) electrons. The molecular weight excluding hydrogens is 293 g/mol. The largest absolute Gasteiger partial charge is 0.195 e. The van der Waals surface area contributed by atoms with Gasteiger partial charge < -0.3 is 0 Å². The average Bonchev–Trinajstić information content (AvgIpc) is 1.98. The predicted molar refractivity (Wildman–Crippen MR) is 58.9 cm³/mol. The molecule has 0 aliphatic carbocycles. The van der Waals surface area contributed by atoms with Gasteiger partial charge in [-0.15, -0.1) is 0 Å². The normalized spacial score (nSPS) is 8.91. The van der Waals surface area contributed by atoms with Crippen molar-refractivity contribution < 1.29 is 0 Å². The summed E-state index contributed by atoms with van der Waals surface area (Å²) in [7, 11) is 0. The summed E-state index contributed by atoms with van der Waals surface area (Å²) >= 11 is 12.4. The molecule has 0 unspecified atom stereocenters. The van der Waals surface area contributed by atoms with Crippen molar-refractivity contribution in [3.05, 3.63) is 26.8 Å². The molecule has 0 spiro atoms. The first kappa shape index (κ1) is 9.13. The zero-order valence-corrected chi connectivity index (χ0v) is 9.07. The molecule has 0 saturated heterocycles. The van der Waals surface area contributed by atoms with E-state index >= 15 is 0 Å². The number of aliphatic imine (C=N–C) groups is 1. The van der Waals surface area contributed by atoms with Crippen LogP contribution in [0.25, 0.3) is 0 Å². The van der Waals surface area contributed by atoms with Crippen LogP contribution in [0, 0.1) is 3.57 Å². The summed E-state index contributed by atoms with van der Waals surface area (Å²) in [6.07, 6.45) is 0. The predicted octanol–water partition coefficient (Wildman–Crippen LogP) is 3.68. The molecule has 0 fully saturated rings. The number of halogens is 2. The first-order chi connectivity index (χ1) is 5.24. The average molecular weight is 296 g/mol. The standard InChI is InChI=1S/C7H3ClINS/c8-6-2-1-5(10-4-11)3-7(6)9/h1-3H. The molecule has 56 valence electrons. The van der Waals surface area contributed by atoms with Gasteiger partial charge in [0.1, 0.15) is 0 Å². The van der Waals surface area contributed by atoms with E-state index in [-0.39, 0.29) is 0 Å². The highest BCUT2D eigenvalue weighted by molar-refractivity contribution is 14.1. The second kappa shape index (κ2) is 4.16. The van der Waals surface area contributed by atoms with Crippen LogP contribution in [0.4, 0.5) is 5.69 Å². The maximum absolute atomic E-state index is 5.79. The topological polar surface area (TPSA) is 12.4 Å². The van der Waals surface area contributed by atoms with Crippen molar-refractivity contribution in [3.63, 3.8) is 0 Å². The van der Waals surface area contributed by atoms with Crippen molar-refractivity contribution in [2.24, 2.45) is 4.99 Å². The number of rotatable bonds is 1. The van der Waals surface area contributed by atoms with E-state index in [9.17, 15) is 0 Å². The quantitative estimate of drug-likeness (QED) is 0.437. The van der Waals surface area contributed by atoms with Crippen molar-refractivity contribution >= 4 is 57.3 Å². The SMILES string of the molecule is S=C=Nc1ccc(Cl)c(I)c1. The Labute approximate surface area is 88.6 Å². The molecule has 0 saturated carbocycles. The lowest BCUT2D eigenvalue weighted by molar-refractivity contribution is 1.52. The number of benzene rings is 1. The van der Waals surface area contributed by atoms with Crippen molar-refractivity contribution in [1.29, 1.82) is 0 Å². The Morgan fingerprint density at radius 2 is 2.27 bits per heavy atom. The van der Waals surface area contributed by atoms with Crippen LogP contribution in [0.3, 0.4) is 0 Å². The van der Waals surface area contributed by atoms with Gasteiger partial charge in [-0.25, -0.2) is 0 Å². The second-order valence-corrected chi connectivity index (χ2v) is 3.55. The van der Waals surface area contributed by atoms with Gasteiger partial charge in [-0.3, -0.25) is 0 Å². The van der Waals surface area contributed by atoms with Crippen molar-refractivity contribution in [2.45, 2.75) is 0 Å². The maximum Gasteiger partial charge on any atom is 0.0751 e. The van der Waals surface area contributed by atoms with Crippen LogP contribution in [0.5, 0.6) is 0 Å². The lowest BCUT2D eigenvalue weighted by atomic mass is 10.3. The zero-order valence-electron chi connectivity index (χ0n) is 5.34. The Bertz CT molecular complexity index is 320. The second-order valence-electron chi connectivity index (χ2n) is 1.80. The van der Waals surface area contributed by atoms with E-state index < -0.39 is 0 Å². The monoisotopic (exact) mass is 295 g/mol. The lowest BCUT2D eigenvalue weighted by Gasteiger charge is -1.94. The van der Waals surface area contributed by atoms with Gasteiger partial charge in [0.15, 0.2) is 0 Å². The number of hydrogen-bond donors (Lipinski definition) is 0. The summed E-state index contributed by atoms with van der Waals surface area (Å²) in [5.41, 5.74) is 0.786. The van der Waals surface area contributed by atoms with Gasteiger partial charge in [-0.2, -0.15) is 4.99 Å². The third kappa shape index (κ3) is 2.52. The van der Waals surface area contributed by atoms with Gasteiger partial charge in [-0.1, -0.05) is 11.6 Å². The first-order valence-corrected chi connectivity index (χ1v) is 4.63. The Balaban J connectivity index is 3.14. The molecule has 0 bridgehead atoms. The molecule has 0 amide bonds. The van der Waals surface area contributed by atoms with Gasteiger partial charge in [0, 0.05) is 3.57 Å². The van der Waals surface area contributed by atoms with E-state index in [1.165, 1.54) is 0 Å². The molecule has 0 N–H and O–H groups in total. The molecular formula is C7H3ClINS. The number of thiocarbonyl (C=S) groups is 1. The van der Waals surface area contributed by atoms with E-state index in [4.69, 9.17) is 11.6 Å². The fourth-order valence-corrected chi connectivity index (χ4v) is 1.33. The van der Waals surface area contributed by atoms with E-state index in [1.54, 1.807) is 12.1 Å². The van der Waals surface area contributed by atoms with E-state index in [0.717, 1.165) is 14.3 Å². The molecule has 1 rings (SSSR count). The van der Waals surface area contributed by atoms with Crippen molar-refractivity contribution in [3.8, 4) is 0 Å². The van der Waals surface area contributed by atoms with E-state index in [2.05, 4.69) is 45.0 Å². The molecule has 0 aliphatic rings. The highest BCUT2D eigenvalue weighted by Crippen LogP contribution is 2.23. The molecule has 0 aliphatic heterocycles. The van der Waals surface area contributed by atoms with Gasteiger partial charge in [-0.05, 0) is 53.0 Å². The van der Waals surface area contributed by atoms with Crippen molar-refractivity contribution in [1.82, 2.24) is 0 Å². The summed E-state index contributed by atoms with van der Waals surface area (Å²) in [5.74, 6) is 0. The molecule has 0 heterocycles. The molecule has 0 atom stereocenters. The van der Waals surface area contributed by atoms with Crippen LogP contribution in [0.1, 0.15) is 0 Å². The van der Waals surface area contributed by atoms with Crippen molar-refractivity contribution in [2.75, 3.05) is 0 Å². The van der Waals surface area contributed by atoms with Crippen LogP contribution in [0.15, 0.2) is 23.2 Å². The van der Waals surface area contributed by atoms with E-state index in [1.807, 2.05) is 6.07 Å². The summed E-state index contributed by atoms with van der Waals surface area (Å²) in [6.45, 7) is 0. The van der Waals surface area contributed by atoms with Crippen LogP contribution in [0.2, 0.25) is 5.02 Å². The highest BCUT2D eigenvalue weighted by atomic mass is 127. The minimum absolute atomic E-state index is 0.730.